The largest absolute Gasteiger partial charge is 0.465 e. The molecule has 0 aliphatic rings. The van der Waals surface area contributed by atoms with Gasteiger partial charge in [-0.3, -0.25) is 9.59 Å². The van der Waals surface area contributed by atoms with E-state index in [4.69, 9.17) is 4.74 Å². The maximum atomic E-state index is 11.9. The third kappa shape index (κ3) is 9.72. The SMILES string of the molecule is CCC[C@H](NC(=O)OC(C)(C)C)C(O)C(=O)NCC(=O)OCC. The first-order valence-corrected chi connectivity index (χ1v) is 7.71. The van der Waals surface area contributed by atoms with E-state index in [-0.39, 0.29) is 13.2 Å². The van der Waals surface area contributed by atoms with Gasteiger partial charge in [0.05, 0.1) is 12.6 Å². The van der Waals surface area contributed by atoms with Gasteiger partial charge in [-0.1, -0.05) is 13.3 Å². The second kappa shape index (κ2) is 10.0. The fourth-order valence-corrected chi connectivity index (χ4v) is 1.74. The summed E-state index contributed by atoms with van der Waals surface area (Å²) in [5, 5.41) is 14.8. The number of amides is 2. The molecule has 0 fully saturated rings. The quantitative estimate of drug-likeness (QED) is 0.564. The van der Waals surface area contributed by atoms with Crippen molar-refractivity contribution in [3.05, 3.63) is 0 Å². The van der Waals surface area contributed by atoms with Gasteiger partial charge in [0.25, 0.3) is 5.91 Å². The van der Waals surface area contributed by atoms with E-state index >= 15 is 0 Å². The van der Waals surface area contributed by atoms with Crippen LogP contribution in [-0.4, -0.2) is 54.0 Å². The summed E-state index contributed by atoms with van der Waals surface area (Å²) in [6, 6.07) is -0.808. The molecule has 8 nitrogen and oxygen atoms in total. The summed E-state index contributed by atoms with van der Waals surface area (Å²) in [7, 11) is 0. The van der Waals surface area contributed by atoms with Gasteiger partial charge in [-0.25, -0.2) is 4.79 Å². The molecule has 8 heteroatoms. The molecule has 0 rings (SSSR count). The summed E-state index contributed by atoms with van der Waals surface area (Å²) in [5.41, 5.74) is -0.683. The van der Waals surface area contributed by atoms with E-state index in [0.717, 1.165) is 0 Å². The number of carbonyl (C=O) groups is 3. The lowest BCUT2D eigenvalue weighted by Crippen LogP contribution is -2.52. The van der Waals surface area contributed by atoms with E-state index in [0.29, 0.717) is 12.8 Å². The Balaban J connectivity index is 4.59. The van der Waals surface area contributed by atoms with Gasteiger partial charge in [0.1, 0.15) is 12.1 Å². The van der Waals surface area contributed by atoms with Crippen LogP contribution in [-0.2, 0) is 19.1 Å². The van der Waals surface area contributed by atoms with Crippen LogP contribution >= 0.6 is 0 Å². The molecular weight excluding hydrogens is 304 g/mol. The summed E-state index contributed by atoms with van der Waals surface area (Å²) in [4.78, 5) is 34.8. The normalized spacial score (nSPS) is 13.7. The molecular formula is C15H28N2O6. The summed E-state index contributed by atoms with van der Waals surface area (Å²) in [5.74, 6) is -1.35. The third-order valence-corrected chi connectivity index (χ3v) is 2.66. The van der Waals surface area contributed by atoms with Crippen molar-refractivity contribution in [3.8, 4) is 0 Å². The van der Waals surface area contributed by atoms with Gasteiger partial charge >= 0.3 is 12.1 Å². The van der Waals surface area contributed by atoms with E-state index in [1.54, 1.807) is 27.7 Å². The summed E-state index contributed by atoms with van der Waals surface area (Å²) in [6.07, 6.45) is -1.18. The van der Waals surface area contributed by atoms with Gasteiger partial charge in [-0.2, -0.15) is 0 Å². The number of hydrogen-bond acceptors (Lipinski definition) is 6. The Bertz CT molecular complexity index is 405. The monoisotopic (exact) mass is 332 g/mol. The van der Waals surface area contributed by atoms with E-state index in [1.165, 1.54) is 0 Å². The van der Waals surface area contributed by atoms with E-state index in [9.17, 15) is 19.5 Å². The predicted molar refractivity (Wildman–Crippen MR) is 83.7 cm³/mol. The maximum Gasteiger partial charge on any atom is 0.407 e. The van der Waals surface area contributed by atoms with Crippen molar-refractivity contribution in [1.82, 2.24) is 10.6 Å². The molecule has 0 bridgehead atoms. The number of carbonyl (C=O) groups excluding carboxylic acids is 3. The van der Waals surface area contributed by atoms with Crippen LogP contribution in [0, 0.1) is 0 Å². The van der Waals surface area contributed by atoms with Crippen LogP contribution < -0.4 is 10.6 Å². The maximum absolute atomic E-state index is 11.9. The molecule has 0 saturated carbocycles. The lowest BCUT2D eigenvalue weighted by molar-refractivity contribution is -0.144. The van der Waals surface area contributed by atoms with Crippen molar-refractivity contribution in [3.63, 3.8) is 0 Å². The fraction of sp³-hybridized carbons (Fsp3) is 0.800. The first-order valence-electron chi connectivity index (χ1n) is 7.71. The van der Waals surface area contributed by atoms with Gasteiger partial charge in [0.2, 0.25) is 0 Å². The van der Waals surface area contributed by atoms with Gasteiger partial charge in [-0.05, 0) is 34.1 Å². The highest BCUT2D eigenvalue weighted by Gasteiger charge is 2.29. The van der Waals surface area contributed by atoms with Crippen LogP contribution in [0.2, 0.25) is 0 Å². The molecule has 3 N–H and O–H groups in total. The van der Waals surface area contributed by atoms with Crippen LogP contribution in [0.5, 0.6) is 0 Å². The minimum absolute atomic E-state index is 0.204. The number of aliphatic hydroxyl groups excluding tert-OH is 1. The molecule has 0 radical (unpaired) electrons. The number of rotatable bonds is 8. The molecule has 0 aliphatic heterocycles. The van der Waals surface area contributed by atoms with Gasteiger partial charge < -0.3 is 25.2 Å². The minimum atomic E-state index is -1.49. The average Bonchev–Trinajstić information content (AvgIpc) is 2.41. The molecule has 23 heavy (non-hydrogen) atoms. The Morgan fingerprint density at radius 1 is 1.17 bits per heavy atom. The molecule has 0 saturated heterocycles. The highest BCUT2D eigenvalue weighted by Crippen LogP contribution is 2.09. The number of ether oxygens (including phenoxy) is 2. The number of nitrogens with one attached hydrogen (secondary N) is 2. The smallest absolute Gasteiger partial charge is 0.407 e. The zero-order valence-corrected chi connectivity index (χ0v) is 14.5. The van der Waals surface area contributed by atoms with Crippen LogP contribution in [0.25, 0.3) is 0 Å². The first kappa shape index (κ1) is 21.2. The van der Waals surface area contributed by atoms with Crippen LogP contribution in [0.3, 0.4) is 0 Å². The van der Waals surface area contributed by atoms with E-state index in [1.807, 2.05) is 6.92 Å². The Hall–Kier alpha value is -1.83. The third-order valence-electron chi connectivity index (χ3n) is 2.66. The molecule has 0 aromatic heterocycles. The van der Waals surface area contributed by atoms with Crippen molar-refractivity contribution < 1.29 is 29.0 Å². The Morgan fingerprint density at radius 2 is 1.78 bits per heavy atom. The zero-order chi connectivity index (χ0) is 18.0. The van der Waals surface area contributed by atoms with Gasteiger partial charge in [0, 0.05) is 0 Å². The van der Waals surface area contributed by atoms with Crippen LogP contribution in [0.1, 0.15) is 47.5 Å². The second-order valence-corrected chi connectivity index (χ2v) is 6.01. The fourth-order valence-electron chi connectivity index (χ4n) is 1.74. The average molecular weight is 332 g/mol. The number of alkyl carbamates (subject to hydrolysis) is 1. The first-order chi connectivity index (χ1) is 10.6. The summed E-state index contributed by atoms with van der Waals surface area (Å²) < 4.78 is 9.78. The highest BCUT2D eigenvalue weighted by molar-refractivity contribution is 5.85. The molecule has 0 aliphatic carbocycles. The van der Waals surface area contributed by atoms with Crippen LogP contribution in [0.15, 0.2) is 0 Å². The lowest BCUT2D eigenvalue weighted by atomic mass is 10.1. The minimum Gasteiger partial charge on any atom is -0.465 e. The van der Waals surface area contributed by atoms with Crippen molar-refractivity contribution in [2.24, 2.45) is 0 Å². The molecule has 0 heterocycles. The second-order valence-electron chi connectivity index (χ2n) is 6.01. The molecule has 2 atom stereocenters. The summed E-state index contributed by atoms with van der Waals surface area (Å²) >= 11 is 0. The van der Waals surface area contributed by atoms with Crippen molar-refractivity contribution in [2.75, 3.05) is 13.2 Å². The van der Waals surface area contributed by atoms with E-state index in [2.05, 4.69) is 15.4 Å². The molecule has 2 amide bonds. The Morgan fingerprint density at radius 3 is 2.26 bits per heavy atom. The highest BCUT2D eigenvalue weighted by atomic mass is 16.6. The molecule has 134 valence electrons. The van der Waals surface area contributed by atoms with Gasteiger partial charge in [-0.15, -0.1) is 0 Å². The lowest BCUT2D eigenvalue weighted by Gasteiger charge is -2.26. The number of aliphatic hydroxyl groups is 1. The van der Waals surface area contributed by atoms with E-state index < -0.39 is 35.7 Å². The Labute approximate surface area is 136 Å². The number of esters is 1. The predicted octanol–water partition coefficient (Wildman–Crippen LogP) is 0.720. The van der Waals surface area contributed by atoms with Crippen molar-refractivity contribution in [2.45, 2.75) is 65.2 Å². The van der Waals surface area contributed by atoms with Gasteiger partial charge in [0.15, 0.2) is 6.10 Å². The van der Waals surface area contributed by atoms with Crippen molar-refractivity contribution >= 4 is 18.0 Å². The molecule has 0 aromatic carbocycles. The summed E-state index contributed by atoms with van der Waals surface area (Å²) in [6.45, 7) is 8.51. The topological polar surface area (TPSA) is 114 Å². The van der Waals surface area contributed by atoms with Crippen LogP contribution in [0.4, 0.5) is 4.79 Å². The van der Waals surface area contributed by atoms with Crippen molar-refractivity contribution in [1.29, 1.82) is 0 Å². The Kier molecular flexibility index (Phi) is 9.24. The molecule has 0 spiro atoms. The zero-order valence-electron chi connectivity index (χ0n) is 14.5. The molecule has 1 unspecified atom stereocenters. The standard InChI is InChI=1S/C15H28N2O6/c1-6-8-10(17-14(21)23-15(3,4)5)12(19)13(20)16-9-11(18)22-7-2/h10,12,19H,6-9H2,1-5H3,(H,16,20)(H,17,21)/t10-,12?/m0/s1. The number of hydrogen-bond donors (Lipinski definition) is 3. The molecule has 0 aromatic rings.